The molecule has 6 heteroatoms. The third-order valence-electron chi connectivity index (χ3n) is 1.68. The number of hydrogen-bond donors (Lipinski definition) is 1. The molecule has 0 unspecified atom stereocenters. The van der Waals surface area contributed by atoms with Gasteiger partial charge in [-0.2, -0.15) is 0 Å². The molecule has 0 spiro atoms. The molecule has 1 aromatic rings. The summed E-state index contributed by atoms with van der Waals surface area (Å²) in [6.07, 6.45) is -2.58. The number of aliphatic hydroxyl groups excluding tert-OH is 1. The first-order valence-electron chi connectivity index (χ1n) is 4.05. The summed E-state index contributed by atoms with van der Waals surface area (Å²) in [5, 5.41) is 9.34. The lowest BCUT2D eigenvalue weighted by Gasteiger charge is -2.11. The van der Waals surface area contributed by atoms with Crippen molar-refractivity contribution in [1.82, 2.24) is 0 Å². The molecule has 0 saturated carbocycles. The van der Waals surface area contributed by atoms with E-state index in [1.165, 1.54) is 12.1 Å². The maximum atomic E-state index is 11.9. The van der Waals surface area contributed by atoms with Crippen LogP contribution in [0.25, 0.3) is 0 Å². The molecule has 0 fully saturated rings. The van der Waals surface area contributed by atoms with Crippen molar-refractivity contribution in [3.63, 3.8) is 0 Å². The van der Waals surface area contributed by atoms with Gasteiger partial charge >= 0.3 is 0 Å². The zero-order valence-corrected chi connectivity index (χ0v) is 9.03. The predicted octanol–water partition coefficient (Wildman–Crippen LogP) is 3.13. The SMILES string of the molecule is OCc1c(OCC(F)F)ccc(Cl)c1Cl. The summed E-state index contributed by atoms with van der Waals surface area (Å²) in [5.41, 5.74) is 0.213. The molecular formula is C9H8Cl2F2O2. The lowest BCUT2D eigenvalue weighted by Crippen LogP contribution is -2.08. The number of hydrogen-bond acceptors (Lipinski definition) is 2. The average Bonchev–Trinajstić information content (AvgIpc) is 2.19. The van der Waals surface area contributed by atoms with Gasteiger partial charge in [-0.05, 0) is 12.1 Å². The monoisotopic (exact) mass is 256 g/mol. The van der Waals surface area contributed by atoms with Gasteiger partial charge in [0.25, 0.3) is 6.43 Å². The normalized spacial score (nSPS) is 10.8. The van der Waals surface area contributed by atoms with E-state index in [0.29, 0.717) is 0 Å². The van der Waals surface area contributed by atoms with E-state index < -0.39 is 19.6 Å². The van der Waals surface area contributed by atoms with Crippen molar-refractivity contribution in [1.29, 1.82) is 0 Å². The summed E-state index contributed by atoms with van der Waals surface area (Å²) in [5.74, 6) is 0.118. The predicted molar refractivity (Wildman–Crippen MR) is 53.9 cm³/mol. The van der Waals surface area contributed by atoms with E-state index in [0.717, 1.165) is 0 Å². The second kappa shape index (κ2) is 5.49. The van der Waals surface area contributed by atoms with Gasteiger partial charge in [-0.25, -0.2) is 8.78 Å². The highest BCUT2D eigenvalue weighted by Crippen LogP contribution is 2.33. The van der Waals surface area contributed by atoms with Gasteiger partial charge in [0.05, 0.1) is 16.7 Å². The molecule has 0 aliphatic heterocycles. The summed E-state index contributed by atoms with van der Waals surface area (Å²) in [7, 11) is 0. The van der Waals surface area contributed by atoms with Crippen LogP contribution < -0.4 is 4.74 Å². The minimum absolute atomic E-state index is 0.117. The molecular weight excluding hydrogens is 249 g/mol. The highest BCUT2D eigenvalue weighted by Gasteiger charge is 2.12. The molecule has 1 N–H and O–H groups in total. The van der Waals surface area contributed by atoms with Crippen LogP contribution in [0.4, 0.5) is 8.78 Å². The molecule has 0 aliphatic rings. The zero-order chi connectivity index (χ0) is 11.4. The number of rotatable bonds is 4. The van der Waals surface area contributed by atoms with Gasteiger partial charge in [-0.1, -0.05) is 23.2 Å². The van der Waals surface area contributed by atoms with Crippen LogP contribution in [0.2, 0.25) is 10.0 Å². The van der Waals surface area contributed by atoms with Gasteiger partial charge in [0.2, 0.25) is 0 Å². The molecule has 2 nitrogen and oxygen atoms in total. The van der Waals surface area contributed by atoms with Gasteiger partial charge in [-0.15, -0.1) is 0 Å². The molecule has 0 heterocycles. The van der Waals surface area contributed by atoms with E-state index in [1.807, 2.05) is 0 Å². The number of alkyl halides is 2. The lowest BCUT2D eigenvalue weighted by atomic mass is 10.2. The Labute approximate surface area is 95.4 Å². The third-order valence-corrected chi connectivity index (χ3v) is 2.52. The molecule has 15 heavy (non-hydrogen) atoms. The third kappa shape index (κ3) is 3.19. The summed E-state index contributed by atoms with van der Waals surface area (Å²) in [4.78, 5) is 0. The maximum absolute atomic E-state index is 11.9. The fraction of sp³-hybridized carbons (Fsp3) is 0.333. The molecule has 84 valence electrons. The van der Waals surface area contributed by atoms with E-state index in [-0.39, 0.29) is 21.4 Å². The van der Waals surface area contributed by atoms with Crippen LogP contribution in [0, 0.1) is 0 Å². The standard InChI is InChI=1S/C9H8Cl2F2O2/c10-6-1-2-7(15-4-8(12)13)5(3-14)9(6)11/h1-2,8,14H,3-4H2. The molecule has 0 aromatic heterocycles. The van der Waals surface area contributed by atoms with E-state index in [4.69, 9.17) is 33.0 Å². The van der Waals surface area contributed by atoms with Crippen LogP contribution in [-0.2, 0) is 6.61 Å². The summed E-state index contributed by atoms with van der Waals surface area (Å²) in [6, 6.07) is 2.81. The highest BCUT2D eigenvalue weighted by molar-refractivity contribution is 6.42. The Balaban J connectivity index is 2.92. The van der Waals surface area contributed by atoms with Crippen molar-refractivity contribution in [2.45, 2.75) is 13.0 Å². The Morgan fingerprint density at radius 3 is 2.53 bits per heavy atom. The van der Waals surface area contributed by atoms with Gasteiger partial charge in [0.1, 0.15) is 12.4 Å². The van der Waals surface area contributed by atoms with E-state index >= 15 is 0 Å². The summed E-state index contributed by atoms with van der Waals surface area (Å²) < 4.78 is 28.6. The first-order valence-corrected chi connectivity index (χ1v) is 4.80. The zero-order valence-electron chi connectivity index (χ0n) is 7.51. The van der Waals surface area contributed by atoms with Crippen molar-refractivity contribution in [2.24, 2.45) is 0 Å². The topological polar surface area (TPSA) is 29.5 Å². The Morgan fingerprint density at radius 1 is 1.33 bits per heavy atom. The van der Waals surface area contributed by atoms with Crippen LogP contribution in [0.5, 0.6) is 5.75 Å². The second-order valence-electron chi connectivity index (χ2n) is 2.70. The van der Waals surface area contributed by atoms with E-state index in [2.05, 4.69) is 0 Å². The molecule has 0 atom stereocenters. The van der Waals surface area contributed by atoms with Crippen LogP contribution in [0.15, 0.2) is 12.1 Å². The van der Waals surface area contributed by atoms with Crippen LogP contribution >= 0.6 is 23.2 Å². The molecule has 0 saturated heterocycles. The van der Waals surface area contributed by atoms with Crippen molar-refractivity contribution < 1.29 is 18.6 Å². The Hall–Kier alpha value is -0.580. The molecule has 0 amide bonds. The quantitative estimate of drug-likeness (QED) is 0.897. The van der Waals surface area contributed by atoms with Crippen molar-refractivity contribution in [3.8, 4) is 5.75 Å². The molecule has 0 radical (unpaired) electrons. The van der Waals surface area contributed by atoms with Gasteiger partial charge in [-0.3, -0.25) is 0 Å². The molecule has 0 aliphatic carbocycles. The number of halogens is 4. The largest absolute Gasteiger partial charge is 0.487 e. The molecule has 0 bridgehead atoms. The smallest absolute Gasteiger partial charge is 0.272 e. The fourth-order valence-corrected chi connectivity index (χ4v) is 1.40. The molecule has 1 aromatic carbocycles. The minimum Gasteiger partial charge on any atom is -0.487 e. The fourth-order valence-electron chi connectivity index (χ4n) is 1.01. The highest BCUT2D eigenvalue weighted by atomic mass is 35.5. The van der Waals surface area contributed by atoms with Gasteiger partial charge in [0, 0.05) is 5.56 Å². The van der Waals surface area contributed by atoms with Crippen molar-refractivity contribution in [3.05, 3.63) is 27.7 Å². The first kappa shape index (κ1) is 12.5. The van der Waals surface area contributed by atoms with E-state index in [1.54, 1.807) is 0 Å². The number of ether oxygens (including phenoxy) is 1. The summed E-state index contributed by atoms with van der Waals surface area (Å²) in [6.45, 7) is -1.16. The van der Waals surface area contributed by atoms with Crippen LogP contribution in [0.1, 0.15) is 5.56 Å². The maximum Gasteiger partial charge on any atom is 0.272 e. The van der Waals surface area contributed by atoms with Crippen molar-refractivity contribution >= 4 is 23.2 Å². The number of aliphatic hydroxyl groups is 1. The molecule has 1 rings (SSSR count). The number of benzene rings is 1. The van der Waals surface area contributed by atoms with E-state index in [9.17, 15) is 8.78 Å². The van der Waals surface area contributed by atoms with Crippen LogP contribution in [0.3, 0.4) is 0 Å². The second-order valence-corrected chi connectivity index (χ2v) is 3.48. The Morgan fingerprint density at radius 2 is 2.00 bits per heavy atom. The average molecular weight is 257 g/mol. The van der Waals surface area contributed by atoms with Gasteiger partial charge < -0.3 is 9.84 Å². The van der Waals surface area contributed by atoms with Crippen molar-refractivity contribution in [2.75, 3.05) is 6.61 Å². The van der Waals surface area contributed by atoms with Gasteiger partial charge in [0.15, 0.2) is 0 Å². The Kier molecular flexibility index (Phi) is 4.57. The Bertz CT molecular complexity index is 345. The minimum atomic E-state index is -2.58. The first-order chi connectivity index (χ1) is 7.06. The lowest BCUT2D eigenvalue weighted by molar-refractivity contribution is 0.0806. The van der Waals surface area contributed by atoms with Crippen LogP contribution in [-0.4, -0.2) is 18.1 Å². The summed E-state index contributed by atoms with van der Waals surface area (Å²) >= 11 is 11.4.